The highest BCUT2D eigenvalue weighted by molar-refractivity contribution is 5.47. The zero-order valence-corrected chi connectivity index (χ0v) is 10.8. The van der Waals surface area contributed by atoms with Crippen LogP contribution in [-0.4, -0.2) is 20.9 Å². The van der Waals surface area contributed by atoms with Gasteiger partial charge in [-0.05, 0) is 24.1 Å². The minimum atomic E-state index is -5.73. The smallest absolute Gasteiger partial charge is 0.399 e. The fraction of sp³-hybridized carbons (Fsp3) is 0.333. The molecule has 0 fully saturated rings. The summed E-state index contributed by atoms with van der Waals surface area (Å²) in [6.45, 7) is 1.77. The van der Waals surface area contributed by atoms with Crippen LogP contribution in [0.2, 0.25) is 0 Å². The summed E-state index contributed by atoms with van der Waals surface area (Å²) in [6.07, 6.45) is -4.89. The second-order valence-electron chi connectivity index (χ2n) is 4.53. The summed E-state index contributed by atoms with van der Waals surface area (Å²) in [5.41, 5.74) is 7.62. The number of nitrogens with zero attached hydrogens (tertiary/aromatic N) is 3. The Hall–Kier alpha value is -2.19. The molecule has 2 N–H and O–H groups in total. The highest BCUT2D eigenvalue weighted by atomic mass is 19.4. The topological polar surface area (TPSA) is 56.7 Å². The van der Waals surface area contributed by atoms with Crippen molar-refractivity contribution < 1.29 is 22.0 Å². The van der Waals surface area contributed by atoms with Crippen LogP contribution in [0.15, 0.2) is 24.5 Å². The first-order chi connectivity index (χ1) is 9.61. The molecule has 0 saturated heterocycles. The second-order valence-corrected chi connectivity index (χ2v) is 4.53. The average molecular weight is 306 g/mol. The molecule has 114 valence electrons. The molecule has 9 heteroatoms. The van der Waals surface area contributed by atoms with E-state index in [9.17, 15) is 22.0 Å². The van der Waals surface area contributed by atoms with Gasteiger partial charge in [0.1, 0.15) is 6.33 Å². The van der Waals surface area contributed by atoms with Gasteiger partial charge in [0.15, 0.2) is 0 Å². The second kappa shape index (κ2) is 4.97. The van der Waals surface area contributed by atoms with Crippen LogP contribution in [0.5, 0.6) is 0 Å². The van der Waals surface area contributed by atoms with Crippen LogP contribution in [0.3, 0.4) is 0 Å². The van der Waals surface area contributed by atoms with E-state index in [1.54, 1.807) is 25.1 Å². The number of rotatable bonds is 3. The minimum Gasteiger partial charge on any atom is -0.399 e. The standard InChI is InChI=1S/C12H11F5N4/c1-7-4-8(2-3-9(7)18)5-21-6-19-10(20-21)11(13,14)12(15,16)17/h2-4,6H,5,18H2,1H3. The Morgan fingerprint density at radius 3 is 2.43 bits per heavy atom. The van der Waals surface area contributed by atoms with Gasteiger partial charge in [-0.1, -0.05) is 12.1 Å². The predicted octanol–water partition coefficient (Wildman–Crippen LogP) is 2.87. The van der Waals surface area contributed by atoms with E-state index in [2.05, 4.69) is 10.1 Å². The monoisotopic (exact) mass is 306 g/mol. The molecule has 0 radical (unpaired) electrons. The van der Waals surface area contributed by atoms with E-state index in [1.807, 2.05) is 0 Å². The van der Waals surface area contributed by atoms with Crippen LogP contribution in [0.25, 0.3) is 0 Å². The molecule has 0 atom stereocenters. The molecule has 4 nitrogen and oxygen atoms in total. The normalized spacial score (nSPS) is 12.7. The summed E-state index contributed by atoms with van der Waals surface area (Å²) in [4.78, 5) is 3.05. The maximum absolute atomic E-state index is 13.1. The molecule has 1 aromatic heterocycles. The zero-order chi connectivity index (χ0) is 15.8. The fourth-order valence-corrected chi connectivity index (χ4v) is 1.66. The lowest BCUT2D eigenvalue weighted by Crippen LogP contribution is -2.35. The van der Waals surface area contributed by atoms with E-state index in [-0.39, 0.29) is 6.54 Å². The number of aromatic nitrogens is 3. The lowest BCUT2D eigenvalue weighted by molar-refractivity contribution is -0.292. The van der Waals surface area contributed by atoms with Gasteiger partial charge in [0.05, 0.1) is 6.54 Å². The lowest BCUT2D eigenvalue weighted by Gasteiger charge is -2.15. The van der Waals surface area contributed by atoms with Crippen molar-refractivity contribution in [3.8, 4) is 0 Å². The maximum atomic E-state index is 13.1. The van der Waals surface area contributed by atoms with Crippen molar-refractivity contribution in [3.63, 3.8) is 0 Å². The number of alkyl halides is 5. The molecule has 0 amide bonds. The molecule has 2 rings (SSSR count). The van der Waals surface area contributed by atoms with Gasteiger partial charge in [-0.3, -0.25) is 0 Å². The number of nitrogen functional groups attached to an aromatic ring is 1. The van der Waals surface area contributed by atoms with Crippen LogP contribution in [-0.2, 0) is 12.5 Å². The molecule has 0 aliphatic heterocycles. The lowest BCUT2D eigenvalue weighted by atomic mass is 10.1. The highest BCUT2D eigenvalue weighted by Gasteiger charge is 2.61. The quantitative estimate of drug-likeness (QED) is 0.701. The van der Waals surface area contributed by atoms with Gasteiger partial charge in [0, 0.05) is 5.69 Å². The molecular weight excluding hydrogens is 295 g/mol. The molecule has 0 bridgehead atoms. The third-order valence-corrected chi connectivity index (χ3v) is 2.85. The summed E-state index contributed by atoms with van der Waals surface area (Å²) in [6, 6.07) is 4.94. The Kier molecular flexibility index (Phi) is 3.60. The van der Waals surface area contributed by atoms with Crippen molar-refractivity contribution in [1.82, 2.24) is 14.8 Å². The summed E-state index contributed by atoms with van der Waals surface area (Å²) in [7, 11) is 0. The number of hydrogen-bond acceptors (Lipinski definition) is 3. The Bertz CT molecular complexity index is 647. The number of hydrogen-bond donors (Lipinski definition) is 1. The van der Waals surface area contributed by atoms with Gasteiger partial charge in [0.25, 0.3) is 0 Å². The van der Waals surface area contributed by atoms with Gasteiger partial charge < -0.3 is 5.73 Å². The van der Waals surface area contributed by atoms with Gasteiger partial charge in [0.2, 0.25) is 5.82 Å². The van der Waals surface area contributed by atoms with Crippen LogP contribution in [0.1, 0.15) is 17.0 Å². The van der Waals surface area contributed by atoms with E-state index in [4.69, 9.17) is 5.73 Å². The minimum absolute atomic E-state index is 0.0159. The maximum Gasteiger partial charge on any atom is 0.461 e. The molecule has 0 aliphatic rings. The molecular formula is C12H11F5N4. The Morgan fingerprint density at radius 1 is 1.19 bits per heavy atom. The van der Waals surface area contributed by atoms with Gasteiger partial charge in [-0.2, -0.15) is 22.0 Å². The summed E-state index contributed by atoms with van der Waals surface area (Å²) < 4.78 is 63.6. The molecule has 0 spiro atoms. The number of benzene rings is 1. The largest absolute Gasteiger partial charge is 0.461 e. The van der Waals surface area contributed by atoms with E-state index in [1.165, 1.54) is 0 Å². The van der Waals surface area contributed by atoms with Crippen molar-refractivity contribution in [2.45, 2.75) is 25.6 Å². The molecule has 1 heterocycles. The van der Waals surface area contributed by atoms with Gasteiger partial charge in [-0.15, -0.1) is 5.10 Å². The van der Waals surface area contributed by atoms with Crippen molar-refractivity contribution >= 4 is 5.69 Å². The Morgan fingerprint density at radius 2 is 1.86 bits per heavy atom. The summed E-state index contributed by atoms with van der Waals surface area (Å²) in [5.74, 6) is -6.64. The van der Waals surface area contributed by atoms with Crippen LogP contribution >= 0.6 is 0 Å². The van der Waals surface area contributed by atoms with E-state index >= 15 is 0 Å². The van der Waals surface area contributed by atoms with Crippen molar-refractivity contribution in [2.75, 3.05) is 5.73 Å². The third kappa shape index (κ3) is 2.96. The van der Waals surface area contributed by atoms with Crippen LogP contribution < -0.4 is 5.73 Å². The summed E-state index contributed by atoms with van der Waals surface area (Å²) >= 11 is 0. The molecule has 0 unspecified atom stereocenters. The number of aryl methyl sites for hydroxylation is 1. The Balaban J connectivity index is 2.22. The third-order valence-electron chi connectivity index (χ3n) is 2.85. The van der Waals surface area contributed by atoms with Crippen LogP contribution in [0, 0.1) is 6.92 Å². The number of nitrogens with two attached hydrogens (primary N) is 1. The van der Waals surface area contributed by atoms with Crippen molar-refractivity contribution in [3.05, 3.63) is 41.5 Å². The SMILES string of the molecule is Cc1cc(Cn2cnc(C(F)(F)C(F)(F)F)n2)ccc1N. The number of halogens is 5. The Labute approximate surface area is 116 Å². The summed E-state index contributed by atoms with van der Waals surface area (Å²) in [5, 5.41) is 3.20. The van der Waals surface area contributed by atoms with E-state index < -0.39 is 17.9 Å². The molecule has 0 saturated carbocycles. The fourth-order valence-electron chi connectivity index (χ4n) is 1.66. The van der Waals surface area contributed by atoms with Crippen molar-refractivity contribution in [1.29, 1.82) is 0 Å². The first-order valence-corrected chi connectivity index (χ1v) is 5.81. The predicted molar refractivity (Wildman–Crippen MR) is 64.7 cm³/mol. The average Bonchev–Trinajstić information content (AvgIpc) is 2.81. The molecule has 1 aromatic carbocycles. The van der Waals surface area contributed by atoms with Gasteiger partial charge in [-0.25, -0.2) is 9.67 Å². The van der Waals surface area contributed by atoms with Gasteiger partial charge >= 0.3 is 12.1 Å². The molecule has 21 heavy (non-hydrogen) atoms. The van der Waals surface area contributed by atoms with E-state index in [0.29, 0.717) is 11.3 Å². The number of anilines is 1. The van der Waals surface area contributed by atoms with E-state index in [0.717, 1.165) is 16.6 Å². The first kappa shape index (κ1) is 15.2. The highest BCUT2D eigenvalue weighted by Crippen LogP contribution is 2.42. The van der Waals surface area contributed by atoms with Crippen LogP contribution in [0.4, 0.5) is 27.6 Å². The molecule has 0 aliphatic carbocycles. The van der Waals surface area contributed by atoms with Crippen molar-refractivity contribution in [2.24, 2.45) is 0 Å². The zero-order valence-electron chi connectivity index (χ0n) is 10.8. The first-order valence-electron chi connectivity index (χ1n) is 5.81. The molecule has 2 aromatic rings.